The fourth-order valence-electron chi connectivity index (χ4n) is 5.48. The van der Waals surface area contributed by atoms with Crippen LogP contribution in [0.1, 0.15) is 0 Å². The lowest BCUT2D eigenvalue weighted by atomic mass is 10.0. The smallest absolute Gasteiger partial charge is 0.00431 e. The third-order valence-electron chi connectivity index (χ3n) is 6.03. The second-order valence-corrected chi connectivity index (χ2v) is 6.16. The Hall–Kier alpha value is -0.120. The Balaban J connectivity index is 1.61. The molecule has 0 aliphatic heterocycles. The lowest BCUT2D eigenvalue weighted by molar-refractivity contribution is 0.434. The van der Waals surface area contributed by atoms with Gasteiger partial charge in [0.25, 0.3) is 0 Å². The molecule has 0 heterocycles. The molecule has 6 N–H and O–H groups in total. The summed E-state index contributed by atoms with van der Waals surface area (Å²) in [6.45, 7) is 2.70. The van der Waals surface area contributed by atoms with Gasteiger partial charge in [-0.15, -0.1) is 0 Å². The number of rotatable bonds is 3. The summed E-state index contributed by atoms with van der Waals surface area (Å²) in [6, 6.07) is 0. The minimum atomic E-state index is 0.834. The maximum absolute atomic E-state index is 5.87. The van der Waals surface area contributed by atoms with Crippen molar-refractivity contribution in [3.63, 3.8) is 0 Å². The summed E-state index contributed by atoms with van der Waals surface area (Å²) in [4.78, 5) is 0. The van der Waals surface area contributed by atoms with Gasteiger partial charge in [0.2, 0.25) is 0 Å². The van der Waals surface area contributed by atoms with E-state index in [1.54, 1.807) is 0 Å². The normalized spacial score (nSPS) is 67.8. The molecule has 84 valence electrons. The van der Waals surface area contributed by atoms with Gasteiger partial charge in [0.05, 0.1) is 0 Å². The highest BCUT2D eigenvalue weighted by Crippen LogP contribution is 2.82. The van der Waals surface area contributed by atoms with E-state index in [0.29, 0.717) is 0 Å². The molecule has 0 unspecified atom stereocenters. The summed E-state index contributed by atoms with van der Waals surface area (Å²) in [7, 11) is 0. The topological polar surface area (TPSA) is 78.1 Å². The maximum Gasteiger partial charge on any atom is -0.00431 e. The van der Waals surface area contributed by atoms with Crippen LogP contribution in [0.15, 0.2) is 0 Å². The Morgan fingerprint density at radius 2 is 0.667 bits per heavy atom. The van der Waals surface area contributed by atoms with E-state index >= 15 is 0 Å². The van der Waals surface area contributed by atoms with Crippen molar-refractivity contribution in [2.45, 2.75) is 0 Å². The van der Waals surface area contributed by atoms with Gasteiger partial charge in [-0.05, 0) is 72.9 Å². The van der Waals surface area contributed by atoms with Crippen LogP contribution in [-0.2, 0) is 0 Å². The van der Waals surface area contributed by atoms with E-state index in [2.05, 4.69) is 0 Å². The van der Waals surface area contributed by atoms with Crippen molar-refractivity contribution >= 4 is 0 Å². The zero-order valence-corrected chi connectivity index (χ0v) is 9.05. The van der Waals surface area contributed by atoms with E-state index in [1.807, 2.05) is 0 Å². The third-order valence-corrected chi connectivity index (χ3v) is 6.03. The second kappa shape index (κ2) is 2.58. The van der Waals surface area contributed by atoms with Crippen molar-refractivity contribution in [3.8, 4) is 0 Å². The minimum Gasteiger partial charge on any atom is -0.330 e. The van der Waals surface area contributed by atoms with Gasteiger partial charge in [-0.2, -0.15) is 0 Å². The van der Waals surface area contributed by atoms with Crippen molar-refractivity contribution in [1.29, 1.82) is 0 Å². The molecule has 15 heavy (non-hydrogen) atoms. The van der Waals surface area contributed by atoms with Crippen LogP contribution in [0, 0.1) is 53.3 Å². The number of nitrogens with two attached hydrogens (primary N) is 3. The highest BCUT2D eigenvalue weighted by molar-refractivity contribution is 5.28. The molecule has 0 spiro atoms. The van der Waals surface area contributed by atoms with Gasteiger partial charge in [0, 0.05) is 0 Å². The van der Waals surface area contributed by atoms with E-state index in [-0.39, 0.29) is 0 Å². The van der Waals surface area contributed by atoms with Gasteiger partial charge in [-0.25, -0.2) is 0 Å². The quantitative estimate of drug-likeness (QED) is 0.582. The molecule has 0 atom stereocenters. The largest absolute Gasteiger partial charge is 0.330 e. The Bertz CT molecular complexity index is 222. The molecule has 0 amide bonds. The fourth-order valence-corrected chi connectivity index (χ4v) is 5.48. The first-order valence-electron chi connectivity index (χ1n) is 6.45. The first kappa shape index (κ1) is 8.97. The zero-order chi connectivity index (χ0) is 10.3. The first-order valence-corrected chi connectivity index (χ1v) is 6.45. The summed E-state index contributed by atoms with van der Waals surface area (Å²) in [5.41, 5.74) is 17.6. The molecule has 0 aromatic carbocycles. The highest BCUT2D eigenvalue weighted by Gasteiger charge is 2.80. The Morgan fingerprint density at radius 1 is 0.467 bits per heavy atom. The molecule has 0 aromatic heterocycles. The molecule has 4 aliphatic carbocycles. The molecule has 3 nitrogen and oxygen atoms in total. The van der Waals surface area contributed by atoms with E-state index in [4.69, 9.17) is 17.2 Å². The Morgan fingerprint density at radius 3 is 0.800 bits per heavy atom. The highest BCUT2D eigenvalue weighted by atomic mass is 14.9. The van der Waals surface area contributed by atoms with Crippen LogP contribution in [-0.4, -0.2) is 19.6 Å². The van der Waals surface area contributed by atoms with Crippen molar-refractivity contribution in [2.75, 3.05) is 19.6 Å². The number of hydrogen-bond donors (Lipinski definition) is 3. The van der Waals surface area contributed by atoms with Gasteiger partial charge in [0.1, 0.15) is 0 Å². The fraction of sp³-hybridized carbons (Fsp3) is 1.00. The summed E-state index contributed by atoms with van der Waals surface area (Å²) in [5.74, 6) is 8.20. The molecule has 4 aliphatic rings. The SMILES string of the molecule is NCC1C2C3C(CN)C3C3C(CN)C3C12. The van der Waals surface area contributed by atoms with Gasteiger partial charge < -0.3 is 17.2 Å². The van der Waals surface area contributed by atoms with E-state index < -0.39 is 0 Å². The van der Waals surface area contributed by atoms with Crippen LogP contribution < -0.4 is 17.2 Å². The molecule has 0 bridgehead atoms. The summed E-state index contributed by atoms with van der Waals surface area (Å²) in [5, 5.41) is 0. The van der Waals surface area contributed by atoms with Crippen molar-refractivity contribution in [1.82, 2.24) is 0 Å². The molecule has 0 saturated heterocycles. The molecule has 4 fully saturated rings. The number of hydrogen-bond acceptors (Lipinski definition) is 3. The van der Waals surface area contributed by atoms with Crippen LogP contribution in [0.25, 0.3) is 0 Å². The third kappa shape index (κ3) is 0.855. The molecular formula is C12H21N3. The van der Waals surface area contributed by atoms with Crippen molar-refractivity contribution < 1.29 is 0 Å². The lowest BCUT2D eigenvalue weighted by Gasteiger charge is -2.03. The van der Waals surface area contributed by atoms with Crippen LogP contribution in [0.3, 0.4) is 0 Å². The Labute approximate surface area is 90.7 Å². The summed E-state index contributed by atoms with van der Waals surface area (Å²) in [6.07, 6.45) is 0. The van der Waals surface area contributed by atoms with E-state index in [9.17, 15) is 0 Å². The average Bonchev–Trinajstić information content (AvgIpc) is 3.11. The molecule has 0 aromatic rings. The van der Waals surface area contributed by atoms with Crippen molar-refractivity contribution in [3.05, 3.63) is 0 Å². The lowest BCUT2D eigenvalue weighted by Crippen LogP contribution is -2.06. The minimum absolute atomic E-state index is 0.834. The second-order valence-electron chi connectivity index (χ2n) is 6.16. The van der Waals surface area contributed by atoms with Gasteiger partial charge in [0.15, 0.2) is 0 Å². The van der Waals surface area contributed by atoms with Gasteiger partial charge in [-0.3, -0.25) is 0 Å². The zero-order valence-electron chi connectivity index (χ0n) is 9.05. The predicted octanol–water partition coefficient (Wildman–Crippen LogP) is -0.537. The Kier molecular flexibility index (Phi) is 1.54. The molecule has 0 radical (unpaired) electrons. The van der Waals surface area contributed by atoms with E-state index in [1.165, 1.54) is 0 Å². The standard InChI is InChI=1S/C12H21N3/c13-1-4-7-8(4)10-6(3-15)12(10)11-5(2-14)9(7)11/h4-12H,1-3,13-15H2. The van der Waals surface area contributed by atoms with Crippen molar-refractivity contribution in [2.24, 2.45) is 70.5 Å². The van der Waals surface area contributed by atoms with Crippen LogP contribution in [0.2, 0.25) is 0 Å². The monoisotopic (exact) mass is 207 g/mol. The molecular weight excluding hydrogens is 186 g/mol. The summed E-state index contributed by atoms with van der Waals surface area (Å²) >= 11 is 0. The van der Waals surface area contributed by atoms with Gasteiger partial charge in [-0.1, -0.05) is 0 Å². The van der Waals surface area contributed by atoms with E-state index in [0.717, 1.165) is 72.9 Å². The van der Waals surface area contributed by atoms with Crippen LogP contribution in [0.4, 0.5) is 0 Å². The summed E-state index contributed by atoms with van der Waals surface area (Å²) < 4.78 is 0. The first-order chi connectivity index (χ1) is 7.35. The van der Waals surface area contributed by atoms with Gasteiger partial charge >= 0.3 is 0 Å². The molecule has 3 heteroatoms. The molecule has 4 saturated carbocycles. The average molecular weight is 207 g/mol. The van der Waals surface area contributed by atoms with Crippen LogP contribution in [0.5, 0.6) is 0 Å². The van der Waals surface area contributed by atoms with Crippen LogP contribution >= 0.6 is 0 Å². The predicted molar refractivity (Wildman–Crippen MR) is 58.6 cm³/mol. The number of fused-ring (bicyclic) bond motifs is 6. The maximum atomic E-state index is 5.87. The molecule has 4 rings (SSSR count).